The van der Waals surface area contributed by atoms with E-state index in [1.54, 1.807) is 13.1 Å². The van der Waals surface area contributed by atoms with Gasteiger partial charge in [0.05, 0.1) is 18.8 Å². The van der Waals surface area contributed by atoms with Crippen molar-refractivity contribution < 1.29 is 18.3 Å². The third kappa shape index (κ3) is 3.89. The molecular weight excluding hydrogens is 270 g/mol. The first kappa shape index (κ1) is 14.7. The molecule has 1 saturated heterocycles. The van der Waals surface area contributed by atoms with Gasteiger partial charge in [0, 0.05) is 25.6 Å². The largest absolute Gasteiger partial charge is 0.381 e. The summed E-state index contributed by atoms with van der Waals surface area (Å²) in [5.74, 6) is 0.687. The summed E-state index contributed by atoms with van der Waals surface area (Å²) in [6, 6.07) is 1.08. The smallest absolute Gasteiger partial charge is 0.320 e. The van der Waals surface area contributed by atoms with E-state index in [1.807, 2.05) is 0 Å². The van der Waals surface area contributed by atoms with Gasteiger partial charge in [-0.3, -0.25) is 10.00 Å². The first-order valence-corrected chi connectivity index (χ1v) is 6.51. The van der Waals surface area contributed by atoms with Crippen LogP contribution >= 0.6 is 0 Å². The van der Waals surface area contributed by atoms with Crippen LogP contribution in [-0.2, 0) is 11.8 Å². The van der Waals surface area contributed by atoms with Crippen LogP contribution < -0.4 is 10.6 Å². The number of urea groups is 1. The van der Waals surface area contributed by atoms with Crippen molar-refractivity contribution in [2.45, 2.75) is 25.2 Å². The van der Waals surface area contributed by atoms with E-state index in [1.165, 1.54) is 4.68 Å². The third-order valence-corrected chi connectivity index (χ3v) is 3.14. The first-order valence-electron chi connectivity index (χ1n) is 6.51. The second-order valence-corrected chi connectivity index (χ2v) is 4.72. The lowest BCUT2D eigenvalue weighted by atomic mass is 9.99. The van der Waals surface area contributed by atoms with Gasteiger partial charge in [-0.15, -0.1) is 0 Å². The third-order valence-electron chi connectivity index (χ3n) is 3.14. The quantitative estimate of drug-likeness (QED) is 0.886. The van der Waals surface area contributed by atoms with E-state index in [0.29, 0.717) is 12.4 Å². The Labute approximate surface area is 115 Å². The lowest BCUT2D eigenvalue weighted by Gasteiger charge is -2.19. The molecule has 2 amide bonds. The molecule has 1 aromatic heterocycles. The summed E-state index contributed by atoms with van der Waals surface area (Å²) in [7, 11) is 1.69. The zero-order valence-corrected chi connectivity index (χ0v) is 11.2. The molecule has 1 aromatic rings. The lowest BCUT2D eigenvalue weighted by Crippen LogP contribution is -2.33. The number of amides is 2. The Balaban J connectivity index is 1.94. The van der Waals surface area contributed by atoms with E-state index < -0.39 is 19.0 Å². The van der Waals surface area contributed by atoms with Crippen LogP contribution in [0.5, 0.6) is 0 Å². The van der Waals surface area contributed by atoms with Crippen molar-refractivity contribution in [2.24, 2.45) is 7.05 Å². The summed E-state index contributed by atoms with van der Waals surface area (Å²) in [6.45, 7) is 0.714. The van der Waals surface area contributed by atoms with Gasteiger partial charge in [0.15, 0.2) is 0 Å². The summed E-state index contributed by atoms with van der Waals surface area (Å²) in [6.07, 6.45) is -0.588. The Kier molecular flexibility index (Phi) is 4.89. The second kappa shape index (κ2) is 6.65. The fourth-order valence-electron chi connectivity index (χ4n) is 2.11. The number of anilines is 1. The maximum Gasteiger partial charge on any atom is 0.320 e. The van der Waals surface area contributed by atoms with Crippen LogP contribution in [0, 0.1) is 0 Å². The molecule has 0 saturated carbocycles. The van der Waals surface area contributed by atoms with Crippen molar-refractivity contribution in [1.29, 1.82) is 0 Å². The van der Waals surface area contributed by atoms with Gasteiger partial charge in [-0.25, -0.2) is 13.6 Å². The van der Waals surface area contributed by atoms with Crippen molar-refractivity contribution >= 4 is 11.8 Å². The fourth-order valence-corrected chi connectivity index (χ4v) is 2.11. The SMILES string of the molecule is Cn1nc(C2CCCOC2)cc1NC(=O)NCC(F)F. The molecule has 8 heteroatoms. The number of alkyl halides is 2. The van der Waals surface area contributed by atoms with Gasteiger partial charge in [0.1, 0.15) is 5.82 Å². The van der Waals surface area contributed by atoms with Gasteiger partial charge in [0.2, 0.25) is 0 Å². The number of carbonyl (C=O) groups excluding carboxylic acids is 1. The summed E-state index contributed by atoms with van der Waals surface area (Å²) in [5.41, 5.74) is 0.844. The Morgan fingerprint density at radius 2 is 2.45 bits per heavy atom. The highest BCUT2D eigenvalue weighted by molar-refractivity contribution is 5.88. The van der Waals surface area contributed by atoms with E-state index in [2.05, 4.69) is 15.7 Å². The molecule has 112 valence electrons. The number of ether oxygens (including phenoxy) is 1. The predicted molar refractivity (Wildman–Crippen MR) is 69.0 cm³/mol. The molecule has 0 aromatic carbocycles. The predicted octanol–water partition coefficient (Wildman–Crippen LogP) is 1.70. The van der Waals surface area contributed by atoms with Crippen LogP contribution in [0.4, 0.5) is 19.4 Å². The highest BCUT2D eigenvalue weighted by atomic mass is 19.3. The zero-order valence-electron chi connectivity index (χ0n) is 11.2. The first-order chi connectivity index (χ1) is 9.56. The Morgan fingerprint density at radius 3 is 3.10 bits per heavy atom. The standard InChI is InChI=1S/C12H18F2N4O2/c1-18-11(16-12(19)15-6-10(13)14)5-9(17-18)8-3-2-4-20-7-8/h5,8,10H,2-4,6-7H2,1H3,(H2,15,16,19). The van der Waals surface area contributed by atoms with E-state index in [4.69, 9.17) is 4.74 Å². The molecule has 0 spiro atoms. The molecule has 0 bridgehead atoms. The van der Waals surface area contributed by atoms with Crippen molar-refractivity contribution in [2.75, 3.05) is 25.1 Å². The second-order valence-electron chi connectivity index (χ2n) is 4.72. The average molecular weight is 288 g/mol. The van der Waals surface area contributed by atoms with Gasteiger partial charge >= 0.3 is 6.03 Å². The van der Waals surface area contributed by atoms with Crippen molar-refractivity contribution in [3.05, 3.63) is 11.8 Å². The van der Waals surface area contributed by atoms with E-state index >= 15 is 0 Å². The van der Waals surface area contributed by atoms with Crippen molar-refractivity contribution in [1.82, 2.24) is 15.1 Å². The van der Waals surface area contributed by atoms with Crippen LogP contribution in [-0.4, -0.2) is 42.0 Å². The highest BCUT2D eigenvalue weighted by Crippen LogP contribution is 2.26. The number of aromatic nitrogens is 2. The van der Waals surface area contributed by atoms with Crippen LogP contribution in [0.15, 0.2) is 6.07 Å². The van der Waals surface area contributed by atoms with Gasteiger partial charge in [-0.1, -0.05) is 0 Å². The maximum absolute atomic E-state index is 12.0. The number of halogens is 2. The number of hydrogen-bond donors (Lipinski definition) is 2. The van der Waals surface area contributed by atoms with Crippen LogP contribution in [0.1, 0.15) is 24.5 Å². The number of hydrogen-bond acceptors (Lipinski definition) is 3. The molecule has 2 heterocycles. The number of nitrogens with zero attached hydrogens (tertiary/aromatic N) is 2. The lowest BCUT2D eigenvalue weighted by molar-refractivity contribution is 0.0791. The molecule has 20 heavy (non-hydrogen) atoms. The Hall–Kier alpha value is -1.70. The molecule has 6 nitrogen and oxygen atoms in total. The Morgan fingerprint density at radius 1 is 1.65 bits per heavy atom. The molecule has 1 atom stereocenters. The van der Waals surface area contributed by atoms with Gasteiger partial charge in [-0.2, -0.15) is 5.10 Å². The minimum absolute atomic E-state index is 0.217. The molecule has 0 radical (unpaired) electrons. The number of nitrogens with one attached hydrogen (secondary N) is 2. The van der Waals surface area contributed by atoms with Gasteiger partial charge in [-0.05, 0) is 12.8 Å². The van der Waals surface area contributed by atoms with Crippen LogP contribution in [0.25, 0.3) is 0 Å². The average Bonchev–Trinajstić information content (AvgIpc) is 2.79. The molecule has 2 N–H and O–H groups in total. The fraction of sp³-hybridized carbons (Fsp3) is 0.667. The van der Waals surface area contributed by atoms with Gasteiger partial charge in [0.25, 0.3) is 6.43 Å². The van der Waals surface area contributed by atoms with E-state index in [0.717, 1.165) is 25.1 Å². The summed E-state index contributed by atoms with van der Waals surface area (Å²) >= 11 is 0. The molecule has 1 aliphatic heterocycles. The highest BCUT2D eigenvalue weighted by Gasteiger charge is 2.20. The van der Waals surface area contributed by atoms with Crippen molar-refractivity contribution in [3.63, 3.8) is 0 Å². The summed E-state index contributed by atoms with van der Waals surface area (Å²) in [5, 5.41) is 8.91. The van der Waals surface area contributed by atoms with Crippen LogP contribution in [0.3, 0.4) is 0 Å². The molecule has 2 rings (SSSR count). The molecule has 1 unspecified atom stereocenters. The van der Waals surface area contributed by atoms with Crippen LogP contribution in [0.2, 0.25) is 0 Å². The summed E-state index contributed by atoms with van der Waals surface area (Å²) in [4.78, 5) is 11.4. The van der Waals surface area contributed by atoms with E-state index in [9.17, 15) is 13.6 Å². The van der Waals surface area contributed by atoms with Crippen molar-refractivity contribution in [3.8, 4) is 0 Å². The molecule has 0 aliphatic carbocycles. The topological polar surface area (TPSA) is 68.2 Å². The van der Waals surface area contributed by atoms with Gasteiger partial charge < -0.3 is 10.1 Å². The number of aryl methyl sites for hydroxylation is 1. The molecule has 1 fully saturated rings. The minimum atomic E-state index is -2.57. The molecule has 1 aliphatic rings. The minimum Gasteiger partial charge on any atom is -0.381 e. The number of rotatable bonds is 4. The van der Waals surface area contributed by atoms with E-state index in [-0.39, 0.29) is 5.92 Å². The molecular formula is C12H18F2N4O2. The maximum atomic E-state index is 12.0. The normalized spacial score (nSPS) is 19.1. The zero-order chi connectivity index (χ0) is 14.5. The monoisotopic (exact) mass is 288 g/mol. The Bertz CT molecular complexity index is 458. The summed E-state index contributed by atoms with van der Waals surface area (Å²) < 4.78 is 30.9. The number of carbonyl (C=O) groups is 1.